The zero-order valence-electron chi connectivity index (χ0n) is 52.2. The lowest BCUT2D eigenvalue weighted by molar-refractivity contribution is 1.13. The first-order valence-electron chi connectivity index (χ1n) is 32.6. The third kappa shape index (κ3) is 9.58. The lowest BCUT2D eigenvalue weighted by Gasteiger charge is -2.44. The number of fused-ring (bicyclic) bond motifs is 7. The number of benzene rings is 14. The van der Waals surface area contributed by atoms with E-state index in [0.29, 0.717) is 11.4 Å². The molecule has 0 radical (unpaired) electrons. The molecule has 6 nitrogen and oxygen atoms in total. The van der Waals surface area contributed by atoms with Gasteiger partial charge in [0.1, 0.15) is 6.07 Å². The maximum absolute atomic E-state index is 11.2. The second-order valence-electron chi connectivity index (χ2n) is 24.7. The lowest BCUT2D eigenvalue weighted by atomic mass is 9.33. The van der Waals surface area contributed by atoms with Gasteiger partial charge in [-0.3, -0.25) is 0 Å². The largest absolute Gasteiger partial charge is 0.311 e. The fourth-order valence-corrected chi connectivity index (χ4v) is 14.7. The molecule has 0 aliphatic carbocycles. The summed E-state index contributed by atoms with van der Waals surface area (Å²) in [6, 6.07) is 127. The molecule has 0 saturated carbocycles. The number of aromatic nitrogens is 3. The summed E-state index contributed by atoms with van der Waals surface area (Å²) in [5.41, 5.74) is 29.1. The third-order valence-corrected chi connectivity index (χ3v) is 19.2. The fourth-order valence-electron chi connectivity index (χ4n) is 14.7. The van der Waals surface area contributed by atoms with Crippen LogP contribution in [-0.2, 0) is 0 Å². The molecular formula is C89H57BN6. The summed E-state index contributed by atoms with van der Waals surface area (Å²) in [7, 11) is 0. The molecule has 4 heterocycles. The topological polar surface area (TPSA) is 61.0 Å². The van der Waals surface area contributed by atoms with E-state index in [0.717, 1.165) is 123 Å². The summed E-state index contributed by atoms with van der Waals surface area (Å²) in [4.78, 5) is 15.7. The molecule has 0 fully saturated rings. The Labute approximate surface area is 557 Å². The molecule has 14 aromatic carbocycles. The Bertz CT molecular complexity index is 5440. The molecular weight excluding hydrogens is 1160 g/mol. The van der Waals surface area contributed by atoms with Crippen molar-refractivity contribution in [3.8, 4) is 101 Å². The van der Waals surface area contributed by atoms with Gasteiger partial charge in [-0.25, -0.2) is 9.97 Å². The Kier molecular flexibility index (Phi) is 13.6. The minimum absolute atomic E-state index is 0.169. The van der Waals surface area contributed by atoms with Gasteiger partial charge in [0.2, 0.25) is 0 Å². The van der Waals surface area contributed by atoms with E-state index in [1.54, 1.807) is 0 Å². The van der Waals surface area contributed by atoms with Gasteiger partial charge in [-0.05, 0) is 157 Å². The summed E-state index contributed by atoms with van der Waals surface area (Å²) in [5.74, 6) is 0.528. The summed E-state index contributed by atoms with van der Waals surface area (Å²) >= 11 is 0. The van der Waals surface area contributed by atoms with Gasteiger partial charge in [0.05, 0.1) is 33.7 Å². The first-order valence-corrected chi connectivity index (χ1v) is 32.6. The number of anilines is 6. The van der Waals surface area contributed by atoms with Crippen LogP contribution in [0.25, 0.3) is 117 Å². The zero-order valence-corrected chi connectivity index (χ0v) is 52.2. The Balaban J connectivity index is 0.885. The van der Waals surface area contributed by atoms with Crippen LogP contribution in [-0.4, -0.2) is 21.2 Å². The number of rotatable bonds is 11. The number of para-hydroxylation sites is 2. The van der Waals surface area contributed by atoms with Crippen molar-refractivity contribution in [1.29, 1.82) is 5.26 Å². The fraction of sp³-hybridized carbons (Fsp3) is 0. The van der Waals surface area contributed by atoms with Gasteiger partial charge in [-0.2, -0.15) is 5.26 Å². The van der Waals surface area contributed by atoms with Crippen molar-refractivity contribution in [3.63, 3.8) is 0 Å². The molecule has 0 N–H and O–H groups in total. The average Bonchev–Trinajstić information content (AvgIpc) is 0.746. The van der Waals surface area contributed by atoms with Crippen molar-refractivity contribution < 1.29 is 0 Å². The minimum Gasteiger partial charge on any atom is -0.311 e. The average molecular weight is 1220 g/mol. The highest BCUT2D eigenvalue weighted by Crippen LogP contribution is 2.49. The predicted molar refractivity (Wildman–Crippen MR) is 399 cm³/mol. The monoisotopic (exact) mass is 1220 g/mol. The van der Waals surface area contributed by atoms with Crippen LogP contribution in [0.3, 0.4) is 0 Å². The summed E-state index contributed by atoms with van der Waals surface area (Å²) in [6.45, 7) is -0.169. The second-order valence-corrected chi connectivity index (χ2v) is 24.7. The van der Waals surface area contributed by atoms with Crippen LogP contribution in [0.4, 0.5) is 34.1 Å². The first kappa shape index (κ1) is 55.9. The van der Waals surface area contributed by atoms with Gasteiger partial charge in [0.15, 0.2) is 5.82 Å². The van der Waals surface area contributed by atoms with Crippen LogP contribution in [0.5, 0.6) is 0 Å². The molecule has 2 aliphatic heterocycles. The number of nitrogens with zero attached hydrogens (tertiary/aromatic N) is 6. The Morgan fingerprint density at radius 2 is 0.688 bits per heavy atom. The highest BCUT2D eigenvalue weighted by atomic mass is 15.2. The van der Waals surface area contributed by atoms with E-state index >= 15 is 0 Å². The molecule has 7 heteroatoms. The maximum Gasteiger partial charge on any atom is 0.252 e. The number of nitriles is 1. The van der Waals surface area contributed by atoms with Gasteiger partial charge < -0.3 is 14.4 Å². The van der Waals surface area contributed by atoms with E-state index in [4.69, 9.17) is 9.97 Å². The van der Waals surface area contributed by atoms with Crippen molar-refractivity contribution in [1.82, 2.24) is 14.5 Å². The van der Waals surface area contributed by atoms with E-state index < -0.39 is 0 Å². The zero-order chi connectivity index (χ0) is 63.6. The highest BCUT2D eigenvalue weighted by Gasteiger charge is 2.44. The van der Waals surface area contributed by atoms with Crippen molar-refractivity contribution >= 4 is 79.0 Å². The van der Waals surface area contributed by atoms with Crippen LogP contribution in [0, 0.1) is 11.3 Å². The van der Waals surface area contributed by atoms with Crippen molar-refractivity contribution in [2.24, 2.45) is 0 Å². The summed E-state index contributed by atoms with van der Waals surface area (Å²) in [6.07, 6.45) is 0. The summed E-state index contributed by atoms with van der Waals surface area (Å²) < 4.78 is 2.26. The SMILES string of the molecule is N#Cc1cccc(-c2nc(-c3ccccc3)cc(-c3ccccc3)n2)c1-n1c2ccccc2c2cc(-c3cc4c5c(c3)N(c3ccc(-c6ccccc6)cc3)c3ccc(-c6ccccc6)cc3B5c3cc(-c5ccccc5)ccc3N4c3ccc(-c4ccccc4)cc3)ccc21. The van der Waals surface area contributed by atoms with E-state index in [2.05, 4.69) is 318 Å². The van der Waals surface area contributed by atoms with Crippen molar-refractivity contribution in [2.75, 3.05) is 9.80 Å². The normalized spacial score (nSPS) is 12.1. The molecule has 0 unspecified atom stereocenters. The van der Waals surface area contributed by atoms with Crippen LogP contribution in [0.2, 0.25) is 0 Å². The Hall–Kier alpha value is -12.9. The van der Waals surface area contributed by atoms with Gasteiger partial charge in [0, 0.05) is 61.6 Å². The van der Waals surface area contributed by atoms with Crippen LogP contribution in [0.15, 0.2) is 346 Å². The molecule has 96 heavy (non-hydrogen) atoms. The van der Waals surface area contributed by atoms with Crippen molar-refractivity contribution in [3.05, 3.63) is 351 Å². The highest BCUT2D eigenvalue weighted by molar-refractivity contribution is 7.00. The molecule has 0 amide bonds. The molecule has 2 aliphatic rings. The molecule has 0 bridgehead atoms. The standard InChI is InChI=1S/C89H57BN6/c91-58-70-34-21-36-75(89-92-79(65-30-15-5-16-31-65)57-80(93-89)66-32-17-6-18-33-66)88(70)96-81-37-20-19-35-74(81)76-52-67(42-49-82(76)96)71-55-85-87-86(56-71)95(73-47-40-64(41-48-73)60-24-9-2-10-25-60)84-51-44-69(62-28-13-4-14-29-62)54-78(84)90(87)77-53-68(61-26-11-3-12-27-61)43-50-83(77)94(85)72-45-38-63(39-46-72)59-22-7-1-8-23-59/h1-57H. The summed E-state index contributed by atoms with van der Waals surface area (Å²) in [5, 5.41) is 13.3. The van der Waals surface area contributed by atoms with Crippen LogP contribution < -0.4 is 26.2 Å². The number of hydrogen-bond acceptors (Lipinski definition) is 5. The van der Waals surface area contributed by atoms with E-state index in [1.165, 1.54) is 38.6 Å². The van der Waals surface area contributed by atoms with E-state index in [9.17, 15) is 5.26 Å². The molecule has 0 spiro atoms. The molecule has 0 saturated heterocycles. The quantitative estimate of drug-likeness (QED) is 0.121. The van der Waals surface area contributed by atoms with Gasteiger partial charge in [0.25, 0.3) is 6.71 Å². The number of hydrogen-bond donors (Lipinski definition) is 0. The molecule has 16 aromatic rings. The van der Waals surface area contributed by atoms with Gasteiger partial charge in [-0.1, -0.05) is 261 Å². The van der Waals surface area contributed by atoms with Crippen LogP contribution in [0.1, 0.15) is 5.56 Å². The molecule has 446 valence electrons. The van der Waals surface area contributed by atoms with Crippen LogP contribution >= 0.6 is 0 Å². The second kappa shape index (κ2) is 23.3. The smallest absolute Gasteiger partial charge is 0.252 e. The third-order valence-electron chi connectivity index (χ3n) is 19.2. The van der Waals surface area contributed by atoms with Gasteiger partial charge >= 0.3 is 0 Å². The van der Waals surface area contributed by atoms with Gasteiger partial charge in [-0.15, -0.1) is 0 Å². The van der Waals surface area contributed by atoms with E-state index in [-0.39, 0.29) is 6.71 Å². The van der Waals surface area contributed by atoms with E-state index in [1.807, 2.05) is 48.5 Å². The Morgan fingerprint density at radius 1 is 0.292 bits per heavy atom. The first-order chi connectivity index (χ1) is 47.6. The molecule has 0 atom stereocenters. The lowest BCUT2D eigenvalue weighted by Crippen LogP contribution is -2.61. The molecule has 2 aromatic heterocycles. The Morgan fingerprint density at radius 3 is 1.17 bits per heavy atom. The molecule has 18 rings (SSSR count). The maximum atomic E-state index is 11.2. The minimum atomic E-state index is -0.169. The predicted octanol–water partition coefficient (Wildman–Crippen LogP) is 20.9. The van der Waals surface area contributed by atoms with Crippen molar-refractivity contribution in [2.45, 2.75) is 0 Å².